The predicted octanol–water partition coefficient (Wildman–Crippen LogP) is 3.91. The van der Waals surface area contributed by atoms with Crippen molar-refractivity contribution in [3.05, 3.63) is 78.3 Å². The van der Waals surface area contributed by atoms with Gasteiger partial charge in [0, 0.05) is 31.5 Å². The van der Waals surface area contributed by atoms with Crippen LogP contribution in [0.4, 0.5) is 0 Å². The van der Waals surface area contributed by atoms with E-state index in [-0.39, 0.29) is 5.91 Å². The van der Waals surface area contributed by atoms with Gasteiger partial charge in [0.15, 0.2) is 11.7 Å². The fraction of sp³-hybridized carbons (Fsp3) is 0.304. The first-order valence-corrected chi connectivity index (χ1v) is 9.70. The molecule has 1 heterocycles. The fourth-order valence-corrected chi connectivity index (χ4v) is 3.02. The highest BCUT2D eigenvalue weighted by Gasteiger charge is 2.09. The van der Waals surface area contributed by atoms with Gasteiger partial charge < -0.3 is 14.6 Å². The minimum atomic E-state index is 0.0326. The van der Waals surface area contributed by atoms with Gasteiger partial charge in [0.05, 0.1) is 6.20 Å². The Kier molecular flexibility index (Phi) is 7.38. The second-order valence-corrected chi connectivity index (χ2v) is 6.91. The van der Waals surface area contributed by atoms with Crippen LogP contribution in [-0.2, 0) is 17.8 Å². The molecule has 0 saturated heterocycles. The van der Waals surface area contributed by atoms with Crippen molar-refractivity contribution < 1.29 is 9.21 Å². The van der Waals surface area contributed by atoms with E-state index in [0.29, 0.717) is 25.3 Å². The van der Waals surface area contributed by atoms with Gasteiger partial charge in [-0.1, -0.05) is 60.7 Å². The molecule has 0 bridgehead atoms. The number of hydrogen-bond acceptors (Lipinski definition) is 4. The number of amides is 1. The minimum absolute atomic E-state index is 0.0326. The van der Waals surface area contributed by atoms with Gasteiger partial charge in [0.1, 0.15) is 0 Å². The molecule has 3 aromatic rings. The first-order valence-electron chi connectivity index (χ1n) is 9.70. The molecule has 0 aliphatic carbocycles. The molecule has 28 heavy (non-hydrogen) atoms. The summed E-state index contributed by atoms with van der Waals surface area (Å²) in [5.74, 6) is 1.36. The summed E-state index contributed by atoms with van der Waals surface area (Å²) in [5.41, 5.74) is 2.29. The number of aryl methyl sites for hydroxylation is 1. The van der Waals surface area contributed by atoms with Crippen molar-refractivity contribution in [2.45, 2.75) is 25.8 Å². The summed E-state index contributed by atoms with van der Waals surface area (Å²) in [7, 11) is 2.10. The molecule has 0 unspecified atom stereocenters. The van der Waals surface area contributed by atoms with Crippen molar-refractivity contribution in [1.29, 1.82) is 0 Å². The van der Waals surface area contributed by atoms with E-state index in [1.807, 2.05) is 36.4 Å². The summed E-state index contributed by atoms with van der Waals surface area (Å²) in [5, 5.41) is 2.98. The van der Waals surface area contributed by atoms with Gasteiger partial charge in [0.2, 0.25) is 5.91 Å². The van der Waals surface area contributed by atoms with E-state index in [4.69, 9.17) is 4.42 Å². The van der Waals surface area contributed by atoms with Crippen molar-refractivity contribution in [3.8, 4) is 11.3 Å². The number of aromatic nitrogens is 1. The number of carbonyl (C=O) groups excluding carboxylic acids is 1. The largest absolute Gasteiger partial charge is 0.441 e. The summed E-state index contributed by atoms with van der Waals surface area (Å²) in [6, 6.07) is 20.2. The molecular weight excluding hydrogens is 350 g/mol. The quantitative estimate of drug-likeness (QED) is 0.544. The van der Waals surface area contributed by atoms with Gasteiger partial charge in [0.25, 0.3) is 0 Å². The molecule has 2 aromatic carbocycles. The number of oxazole rings is 1. The van der Waals surface area contributed by atoms with Crippen molar-refractivity contribution in [1.82, 2.24) is 15.2 Å². The van der Waals surface area contributed by atoms with Crippen molar-refractivity contribution in [2.24, 2.45) is 0 Å². The molecule has 5 nitrogen and oxygen atoms in total. The van der Waals surface area contributed by atoms with Crippen LogP contribution >= 0.6 is 0 Å². The molecule has 5 heteroatoms. The van der Waals surface area contributed by atoms with E-state index in [1.165, 1.54) is 5.56 Å². The third kappa shape index (κ3) is 6.35. The van der Waals surface area contributed by atoms with E-state index >= 15 is 0 Å². The van der Waals surface area contributed by atoms with Crippen LogP contribution in [0.1, 0.15) is 24.3 Å². The lowest BCUT2D eigenvalue weighted by Crippen LogP contribution is -2.28. The molecule has 0 atom stereocenters. The maximum atomic E-state index is 12.0. The van der Waals surface area contributed by atoms with Crippen LogP contribution in [0, 0.1) is 0 Å². The topological polar surface area (TPSA) is 58.4 Å². The average molecular weight is 377 g/mol. The van der Waals surface area contributed by atoms with E-state index in [1.54, 1.807) is 6.20 Å². The number of rotatable bonds is 10. The summed E-state index contributed by atoms with van der Waals surface area (Å²) >= 11 is 0. The molecule has 1 N–H and O–H groups in total. The first kappa shape index (κ1) is 19.8. The van der Waals surface area contributed by atoms with E-state index < -0.39 is 0 Å². The first-order chi connectivity index (χ1) is 13.7. The highest BCUT2D eigenvalue weighted by atomic mass is 16.4. The molecule has 0 saturated carbocycles. The smallest absolute Gasteiger partial charge is 0.220 e. The second-order valence-electron chi connectivity index (χ2n) is 6.91. The Morgan fingerprint density at radius 2 is 1.79 bits per heavy atom. The van der Waals surface area contributed by atoms with Gasteiger partial charge in [-0.05, 0) is 25.6 Å². The highest BCUT2D eigenvalue weighted by molar-refractivity contribution is 5.76. The zero-order valence-electron chi connectivity index (χ0n) is 16.3. The van der Waals surface area contributed by atoms with Gasteiger partial charge in [-0.15, -0.1) is 0 Å². The molecule has 0 fully saturated rings. The number of hydrogen-bond donors (Lipinski definition) is 1. The Balaban J connectivity index is 1.31. The maximum absolute atomic E-state index is 12.0. The lowest BCUT2D eigenvalue weighted by atomic mass is 10.2. The zero-order chi connectivity index (χ0) is 19.6. The molecule has 1 aromatic heterocycles. The van der Waals surface area contributed by atoms with Crippen molar-refractivity contribution in [3.63, 3.8) is 0 Å². The van der Waals surface area contributed by atoms with Crippen LogP contribution in [0.2, 0.25) is 0 Å². The SMILES string of the molecule is CN(CCCNC(=O)CCc1ncc(-c2ccccc2)o1)Cc1ccccc1. The normalized spacial score (nSPS) is 10.9. The lowest BCUT2D eigenvalue weighted by molar-refractivity contribution is -0.121. The second kappa shape index (κ2) is 10.4. The fourth-order valence-electron chi connectivity index (χ4n) is 3.02. The Bertz CT molecular complexity index is 847. The number of nitrogens with one attached hydrogen (secondary N) is 1. The molecule has 3 rings (SSSR count). The molecule has 1 amide bonds. The Hall–Kier alpha value is -2.92. The van der Waals surface area contributed by atoms with Crippen LogP contribution in [0.3, 0.4) is 0 Å². The van der Waals surface area contributed by atoms with Crippen LogP contribution < -0.4 is 5.32 Å². The third-order valence-corrected chi connectivity index (χ3v) is 4.51. The summed E-state index contributed by atoms with van der Waals surface area (Å²) in [6.45, 7) is 2.54. The van der Waals surface area contributed by atoms with Gasteiger partial charge in [-0.2, -0.15) is 0 Å². The molecule has 0 aliphatic heterocycles. The van der Waals surface area contributed by atoms with Crippen LogP contribution in [0.25, 0.3) is 11.3 Å². The standard InChI is InChI=1S/C23H27N3O2/c1-26(18-19-9-4-2-5-10-19)16-8-15-24-22(27)13-14-23-25-17-21(28-23)20-11-6-3-7-12-20/h2-7,9-12,17H,8,13-16,18H2,1H3,(H,24,27). The monoisotopic (exact) mass is 377 g/mol. The summed E-state index contributed by atoms with van der Waals surface area (Å²) in [4.78, 5) is 18.6. The van der Waals surface area contributed by atoms with Crippen molar-refractivity contribution >= 4 is 5.91 Å². The third-order valence-electron chi connectivity index (χ3n) is 4.51. The van der Waals surface area contributed by atoms with Crippen molar-refractivity contribution in [2.75, 3.05) is 20.1 Å². The number of carbonyl (C=O) groups is 1. The number of benzene rings is 2. The van der Waals surface area contributed by atoms with Crippen LogP contribution in [-0.4, -0.2) is 35.9 Å². The molecule has 0 spiro atoms. The minimum Gasteiger partial charge on any atom is -0.441 e. The molecular formula is C23H27N3O2. The number of nitrogens with zero attached hydrogens (tertiary/aromatic N) is 2. The summed E-state index contributed by atoms with van der Waals surface area (Å²) in [6.07, 6.45) is 3.53. The van der Waals surface area contributed by atoms with E-state index in [2.05, 4.69) is 46.5 Å². The lowest BCUT2D eigenvalue weighted by Gasteiger charge is -2.16. The Morgan fingerprint density at radius 3 is 2.54 bits per heavy atom. The van der Waals surface area contributed by atoms with E-state index in [9.17, 15) is 4.79 Å². The molecule has 0 radical (unpaired) electrons. The highest BCUT2D eigenvalue weighted by Crippen LogP contribution is 2.20. The van der Waals surface area contributed by atoms with Crippen LogP contribution in [0.15, 0.2) is 71.3 Å². The Morgan fingerprint density at radius 1 is 1.07 bits per heavy atom. The van der Waals surface area contributed by atoms with Gasteiger partial charge >= 0.3 is 0 Å². The maximum Gasteiger partial charge on any atom is 0.220 e. The Labute approximate surface area is 166 Å². The molecule has 146 valence electrons. The average Bonchev–Trinajstić information content (AvgIpc) is 3.20. The zero-order valence-corrected chi connectivity index (χ0v) is 16.3. The van der Waals surface area contributed by atoms with Crippen LogP contribution in [0.5, 0.6) is 0 Å². The summed E-state index contributed by atoms with van der Waals surface area (Å²) < 4.78 is 5.74. The van der Waals surface area contributed by atoms with Gasteiger partial charge in [-0.25, -0.2) is 4.98 Å². The molecule has 0 aliphatic rings. The predicted molar refractivity (Wildman–Crippen MR) is 111 cm³/mol. The van der Waals surface area contributed by atoms with E-state index in [0.717, 1.165) is 30.8 Å². The van der Waals surface area contributed by atoms with Gasteiger partial charge in [-0.3, -0.25) is 4.79 Å².